The molecule has 0 aliphatic heterocycles. The zero-order chi connectivity index (χ0) is 13.9. The summed E-state index contributed by atoms with van der Waals surface area (Å²) in [5.41, 5.74) is 1.48. The first-order valence-corrected chi connectivity index (χ1v) is 6.50. The van der Waals surface area contributed by atoms with Gasteiger partial charge in [-0.25, -0.2) is 9.97 Å². The molecule has 1 atom stereocenters. The summed E-state index contributed by atoms with van der Waals surface area (Å²) in [5, 5.41) is 11.2. The first-order valence-electron chi connectivity index (χ1n) is 6.12. The van der Waals surface area contributed by atoms with Crippen molar-refractivity contribution < 1.29 is 5.11 Å². The van der Waals surface area contributed by atoms with Crippen LogP contribution in [0.4, 0.5) is 0 Å². The van der Waals surface area contributed by atoms with E-state index in [4.69, 9.17) is 11.6 Å². The van der Waals surface area contributed by atoms with Crippen LogP contribution in [0.25, 0.3) is 5.82 Å². The Labute approximate surface area is 121 Å². The first kappa shape index (κ1) is 12.8. The highest BCUT2D eigenvalue weighted by Gasteiger charge is 2.16. The molecule has 3 aromatic rings. The van der Waals surface area contributed by atoms with Crippen LogP contribution in [0.1, 0.15) is 17.2 Å². The maximum Gasteiger partial charge on any atom is 0.143 e. The van der Waals surface area contributed by atoms with E-state index < -0.39 is 6.10 Å². The molecule has 1 N–H and O–H groups in total. The number of benzene rings is 1. The predicted octanol–water partition coefficient (Wildman–Crippen LogP) is 3.00. The molecule has 4 nitrogen and oxygen atoms in total. The number of aromatic nitrogens is 3. The number of aliphatic hydroxyl groups is 1. The van der Waals surface area contributed by atoms with Gasteiger partial charge in [-0.2, -0.15) is 0 Å². The van der Waals surface area contributed by atoms with E-state index >= 15 is 0 Å². The monoisotopic (exact) mass is 285 g/mol. The number of imidazole rings is 1. The third-order valence-electron chi connectivity index (χ3n) is 3.05. The molecule has 0 saturated heterocycles. The molecular weight excluding hydrogens is 274 g/mol. The number of rotatable bonds is 3. The number of hydrogen-bond acceptors (Lipinski definition) is 3. The van der Waals surface area contributed by atoms with Crippen LogP contribution in [0.2, 0.25) is 5.02 Å². The number of nitrogens with zero attached hydrogens (tertiary/aromatic N) is 3. The third-order valence-corrected chi connectivity index (χ3v) is 3.30. The molecule has 20 heavy (non-hydrogen) atoms. The lowest BCUT2D eigenvalue weighted by Gasteiger charge is -2.15. The lowest BCUT2D eigenvalue weighted by Crippen LogP contribution is -2.07. The van der Waals surface area contributed by atoms with Crippen molar-refractivity contribution in [1.82, 2.24) is 14.5 Å². The second kappa shape index (κ2) is 5.45. The van der Waals surface area contributed by atoms with Crippen molar-refractivity contribution in [3.8, 4) is 5.82 Å². The minimum absolute atomic E-state index is 0.641. The van der Waals surface area contributed by atoms with E-state index in [0.29, 0.717) is 16.4 Å². The Balaban J connectivity index is 2.04. The summed E-state index contributed by atoms with van der Waals surface area (Å²) in [6, 6.07) is 10.8. The number of halogens is 1. The highest BCUT2D eigenvalue weighted by molar-refractivity contribution is 6.30. The van der Waals surface area contributed by atoms with Gasteiger partial charge in [0, 0.05) is 29.2 Å². The fraction of sp³-hybridized carbons (Fsp3) is 0.0667. The van der Waals surface area contributed by atoms with Crippen molar-refractivity contribution >= 4 is 11.6 Å². The summed E-state index contributed by atoms with van der Waals surface area (Å²) < 4.78 is 1.77. The maximum atomic E-state index is 10.5. The van der Waals surface area contributed by atoms with Crippen molar-refractivity contribution in [1.29, 1.82) is 0 Å². The van der Waals surface area contributed by atoms with Crippen LogP contribution < -0.4 is 0 Å². The SMILES string of the molecule is OC(c1ccc(Cl)cc1)c1cccnc1-n1ccnc1. The van der Waals surface area contributed by atoms with Crippen LogP contribution in [-0.2, 0) is 0 Å². The molecule has 5 heteroatoms. The van der Waals surface area contributed by atoms with Crippen LogP contribution in [0.5, 0.6) is 0 Å². The summed E-state index contributed by atoms with van der Waals surface area (Å²) in [6.45, 7) is 0. The largest absolute Gasteiger partial charge is 0.384 e. The normalized spacial score (nSPS) is 12.3. The molecular formula is C15H12ClN3O. The molecule has 2 aromatic heterocycles. The van der Waals surface area contributed by atoms with Crippen LogP contribution in [0, 0.1) is 0 Å². The van der Waals surface area contributed by atoms with Gasteiger partial charge in [-0.1, -0.05) is 29.8 Å². The predicted molar refractivity (Wildman–Crippen MR) is 76.9 cm³/mol. The van der Waals surface area contributed by atoms with Gasteiger partial charge in [-0.3, -0.25) is 4.57 Å². The van der Waals surface area contributed by atoms with Gasteiger partial charge in [0.1, 0.15) is 18.2 Å². The van der Waals surface area contributed by atoms with Crippen LogP contribution in [0.3, 0.4) is 0 Å². The molecule has 0 spiro atoms. The van der Waals surface area contributed by atoms with E-state index in [9.17, 15) is 5.11 Å². The Kier molecular flexibility index (Phi) is 3.50. The van der Waals surface area contributed by atoms with Gasteiger partial charge < -0.3 is 5.11 Å². The topological polar surface area (TPSA) is 50.9 Å². The Morgan fingerprint density at radius 1 is 1.10 bits per heavy atom. The molecule has 0 saturated carbocycles. The van der Waals surface area contributed by atoms with Gasteiger partial charge in [-0.15, -0.1) is 0 Å². The molecule has 3 rings (SSSR count). The van der Waals surface area contributed by atoms with Crippen molar-refractivity contribution in [3.63, 3.8) is 0 Å². The van der Waals surface area contributed by atoms with Gasteiger partial charge in [0.15, 0.2) is 0 Å². The van der Waals surface area contributed by atoms with Gasteiger partial charge in [-0.05, 0) is 23.8 Å². The molecule has 0 bridgehead atoms. The molecule has 1 unspecified atom stereocenters. The second-order valence-electron chi connectivity index (χ2n) is 4.34. The lowest BCUT2D eigenvalue weighted by molar-refractivity contribution is 0.219. The maximum absolute atomic E-state index is 10.5. The van der Waals surface area contributed by atoms with Crippen LogP contribution in [0.15, 0.2) is 61.3 Å². The molecule has 100 valence electrons. The van der Waals surface area contributed by atoms with Crippen LogP contribution in [-0.4, -0.2) is 19.6 Å². The van der Waals surface area contributed by atoms with Gasteiger partial charge in [0.2, 0.25) is 0 Å². The molecule has 1 aromatic carbocycles. The van der Waals surface area contributed by atoms with E-state index in [1.54, 1.807) is 59.8 Å². The van der Waals surface area contributed by atoms with Crippen molar-refractivity contribution in [2.75, 3.05) is 0 Å². The minimum atomic E-state index is -0.765. The number of aliphatic hydroxyl groups excluding tert-OH is 1. The summed E-state index contributed by atoms with van der Waals surface area (Å²) in [4.78, 5) is 8.33. The van der Waals surface area contributed by atoms with Crippen LogP contribution >= 0.6 is 11.6 Å². The quantitative estimate of drug-likeness (QED) is 0.805. The average molecular weight is 286 g/mol. The summed E-state index contributed by atoms with van der Waals surface area (Å²) in [7, 11) is 0. The zero-order valence-corrected chi connectivity index (χ0v) is 11.3. The summed E-state index contributed by atoms with van der Waals surface area (Å²) >= 11 is 5.87. The van der Waals surface area contributed by atoms with E-state index in [0.717, 1.165) is 5.56 Å². The highest BCUT2D eigenvalue weighted by Crippen LogP contribution is 2.26. The van der Waals surface area contributed by atoms with Crippen molar-refractivity contribution in [3.05, 3.63) is 77.5 Å². The molecule has 0 radical (unpaired) electrons. The van der Waals surface area contributed by atoms with Crippen molar-refractivity contribution in [2.45, 2.75) is 6.10 Å². The molecule has 0 aliphatic carbocycles. The highest BCUT2D eigenvalue weighted by atomic mass is 35.5. The first-order chi connectivity index (χ1) is 9.75. The molecule has 0 aliphatic rings. The fourth-order valence-corrected chi connectivity index (χ4v) is 2.17. The minimum Gasteiger partial charge on any atom is -0.384 e. The fourth-order valence-electron chi connectivity index (χ4n) is 2.05. The van der Waals surface area contributed by atoms with Crippen molar-refractivity contribution in [2.24, 2.45) is 0 Å². The second-order valence-corrected chi connectivity index (χ2v) is 4.78. The average Bonchev–Trinajstić information content (AvgIpc) is 3.01. The Morgan fingerprint density at radius 2 is 1.90 bits per heavy atom. The molecule has 0 amide bonds. The van der Waals surface area contributed by atoms with Gasteiger partial charge in [0.25, 0.3) is 0 Å². The summed E-state index contributed by atoms with van der Waals surface area (Å²) in [6.07, 6.45) is 6.04. The van der Waals surface area contributed by atoms with Gasteiger partial charge >= 0.3 is 0 Å². The zero-order valence-electron chi connectivity index (χ0n) is 10.5. The number of pyridine rings is 1. The molecule has 2 heterocycles. The Hall–Kier alpha value is -2.17. The standard InChI is InChI=1S/C15H12ClN3O/c16-12-5-3-11(4-6-12)14(20)13-2-1-7-18-15(13)19-9-8-17-10-19/h1-10,14,20H. The molecule has 0 fully saturated rings. The van der Waals surface area contributed by atoms with Gasteiger partial charge in [0.05, 0.1) is 0 Å². The Bertz CT molecular complexity index is 695. The smallest absolute Gasteiger partial charge is 0.143 e. The number of hydrogen-bond donors (Lipinski definition) is 1. The van der Waals surface area contributed by atoms with E-state index in [1.165, 1.54) is 0 Å². The third kappa shape index (κ3) is 2.43. The van der Waals surface area contributed by atoms with E-state index in [1.807, 2.05) is 6.07 Å². The van der Waals surface area contributed by atoms with E-state index in [-0.39, 0.29) is 0 Å². The lowest BCUT2D eigenvalue weighted by atomic mass is 10.0. The van der Waals surface area contributed by atoms with E-state index in [2.05, 4.69) is 9.97 Å². The summed E-state index contributed by atoms with van der Waals surface area (Å²) in [5.74, 6) is 0.660. The Morgan fingerprint density at radius 3 is 2.60 bits per heavy atom.